The monoisotopic (exact) mass is 358 g/mol. The Morgan fingerprint density at radius 1 is 0.731 bits per heavy atom. The zero-order chi connectivity index (χ0) is 19.4. The van der Waals surface area contributed by atoms with Gasteiger partial charge in [-0.15, -0.1) is 0 Å². The summed E-state index contributed by atoms with van der Waals surface area (Å²) in [4.78, 5) is 0. The van der Waals surface area contributed by atoms with Crippen molar-refractivity contribution < 1.29 is 0 Å². The van der Waals surface area contributed by atoms with Gasteiger partial charge in [-0.2, -0.15) is 0 Å². The van der Waals surface area contributed by atoms with Crippen LogP contribution in [0.25, 0.3) is 11.4 Å². The normalized spacial score (nSPS) is 10.6. The molecule has 1 aromatic carbocycles. The minimum absolute atomic E-state index is 0.767. The fraction of sp³-hybridized carbons (Fsp3) is 0.545. The second-order valence-corrected chi connectivity index (χ2v) is 7.03. The van der Waals surface area contributed by atoms with Crippen LogP contribution in [0.1, 0.15) is 87.5 Å². The number of hydrazine groups is 2. The van der Waals surface area contributed by atoms with E-state index in [-0.39, 0.29) is 0 Å². The Morgan fingerprint density at radius 3 is 1.42 bits per heavy atom. The van der Waals surface area contributed by atoms with Gasteiger partial charge in [0.2, 0.25) is 0 Å². The van der Waals surface area contributed by atoms with E-state index in [1.54, 1.807) is 0 Å². The molecule has 0 heterocycles. The maximum atomic E-state index is 5.66. The molecular weight excluding hydrogens is 320 g/mol. The van der Waals surface area contributed by atoms with Crippen LogP contribution in [0.5, 0.6) is 0 Å². The maximum absolute atomic E-state index is 5.66. The van der Waals surface area contributed by atoms with E-state index in [0.717, 1.165) is 48.2 Å². The average Bonchev–Trinajstić information content (AvgIpc) is 2.67. The molecule has 0 aromatic heterocycles. The highest BCUT2D eigenvalue weighted by molar-refractivity contribution is 5.72. The van der Waals surface area contributed by atoms with Crippen LogP contribution in [-0.2, 0) is 12.8 Å². The van der Waals surface area contributed by atoms with E-state index in [9.17, 15) is 0 Å². The lowest BCUT2D eigenvalue weighted by atomic mass is 9.90. The number of hydrogen-bond acceptors (Lipinski definition) is 4. The highest BCUT2D eigenvalue weighted by atomic mass is 15.2. The molecule has 0 aliphatic rings. The first kappa shape index (κ1) is 22.3. The Hall–Kier alpha value is -1.78. The lowest BCUT2D eigenvalue weighted by Gasteiger charge is -2.19. The quantitative estimate of drug-likeness (QED) is 0.219. The van der Waals surface area contributed by atoms with Gasteiger partial charge < -0.3 is 10.9 Å². The first-order valence-electron chi connectivity index (χ1n) is 10.1. The first-order chi connectivity index (χ1) is 12.6. The second kappa shape index (κ2) is 12.6. The second-order valence-electron chi connectivity index (χ2n) is 7.03. The molecule has 0 fully saturated rings. The van der Waals surface area contributed by atoms with Gasteiger partial charge >= 0.3 is 0 Å². The molecule has 0 spiro atoms. The van der Waals surface area contributed by atoms with E-state index in [1.165, 1.54) is 49.7 Å². The van der Waals surface area contributed by atoms with Crippen molar-refractivity contribution in [3.8, 4) is 0 Å². The van der Waals surface area contributed by atoms with Crippen molar-refractivity contribution in [1.82, 2.24) is 10.9 Å². The number of benzene rings is 1. The summed E-state index contributed by atoms with van der Waals surface area (Å²) in [7, 11) is 0. The van der Waals surface area contributed by atoms with Gasteiger partial charge in [0.25, 0.3) is 0 Å². The predicted octanol–water partition coefficient (Wildman–Crippen LogP) is 4.80. The summed E-state index contributed by atoms with van der Waals surface area (Å²) in [5.74, 6) is 11.3. The molecule has 0 aliphatic carbocycles. The lowest BCUT2D eigenvalue weighted by Crippen LogP contribution is -2.22. The summed E-state index contributed by atoms with van der Waals surface area (Å²) >= 11 is 0. The molecule has 0 atom stereocenters. The highest BCUT2D eigenvalue weighted by Gasteiger charge is 2.13. The average molecular weight is 359 g/mol. The molecule has 26 heavy (non-hydrogen) atoms. The van der Waals surface area contributed by atoms with Crippen molar-refractivity contribution in [2.24, 2.45) is 11.7 Å². The van der Waals surface area contributed by atoms with Crippen LogP contribution < -0.4 is 22.5 Å². The Balaban J connectivity index is 3.13. The van der Waals surface area contributed by atoms with Crippen molar-refractivity contribution in [3.63, 3.8) is 0 Å². The molecule has 4 nitrogen and oxygen atoms in total. The van der Waals surface area contributed by atoms with Crippen molar-refractivity contribution in [2.75, 3.05) is 0 Å². The molecule has 0 saturated carbocycles. The van der Waals surface area contributed by atoms with E-state index in [2.05, 4.69) is 50.0 Å². The number of nitrogens with two attached hydrogens (primary N) is 2. The van der Waals surface area contributed by atoms with Gasteiger partial charge in [-0.05, 0) is 48.9 Å². The van der Waals surface area contributed by atoms with Crippen LogP contribution in [0.4, 0.5) is 0 Å². The van der Waals surface area contributed by atoms with E-state index in [1.807, 2.05) is 0 Å². The molecule has 1 rings (SSSR count). The third-order valence-corrected chi connectivity index (χ3v) is 4.93. The Labute approximate surface area is 160 Å². The molecule has 0 aliphatic heterocycles. The number of rotatable bonds is 14. The van der Waals surface area contributed by atoms with Crippen molar-refractivity contribution in [2.45, 2.75) is 78.1 Å². The first-order valence-corrected chi connectivity index (χ1v) is 10.1. The maximum Gasteiger partial charge on any atom is 0.0488 e. The van der Waals surface area contributed by atoms with Crippen LogP contribution in [0.15, 0.2) is 25.3 Å². The van der Waals surface area contributed by atoms with Crippen molar-refractivity contribution in [3.05, 3.63) is 47.5 Å². The molecule has 4 heteroatoms. The molecule has 6 N–H and O–H groups in total. The smallest absolute Gasteiger partial charge is 0.0488 e. The van der Waals surface area contributed by atoms with E-state index >= 15 is 0 Å². The summed E-state index contributed by atoms with van der Waals surface area (Å²) in [6, 6.07) is 4.45. The molecule has 0 bridgehead atoms. The van der Waals surface area contributed by atoms with Crippen LogP contribution in [0.3, 0.4) is 0 Å². The lowest BCUT2D eigenvalue weighted by molar-refractivity contribution is 0.662. The van der Waals surface area contributed by atoms with E-state index < -0.39 is 0 Å². The molecule has 0 unspecified atom stereocenters. The van der Waals surface area contributed by atoms with Gasteiger partial charge in [0, 0.05) is 22.5 Å². The Kier molecular flexibility index (Phi) is 10.7. The van der Waals surface area contributed by atoms with Crippen LogP contribution in [0.2, 0.25) is 0 Å². The van der Waals surface area contributed by atoms with Crippen molar-refractivity contribution in [1.29, 1.82) is 0 Å². The van der Waals surface area contributed by atoms with E-state index in [0.29, 0.717) is 0 Å². The summed E-state index contributed by atoms with van der Waals surface area (Å²) in [6.45, 7) is 12.7. The largest absolute Gasteiger partial charge is 0.324 e. The minimum Gasteiger partial charge on any atom is -0.324 e. The third kappa shape index (κ3) is 6.85. The topological polar surface area (TPSA) is 76.1 Å². The molecule has 0 saturated heterocycles. The summed E-state index contributed by atoms with van der Waals surface area (Å²) < 4.78 is 0. The van der Waals surface area contributed by atoms with Crippen LogP contribution in [-0.4, -0.2) is 0 Å². The fourth-order valence-corrected chi connectivity index (χ4v) is 3.30. The van der Waals surface area contributed by atoms with E-state index in [4.69, 9.17) is 11.7 Å². The molecule has 0 amide bonds. The van der Waals surface area contributed by atoms with Gasteiger partial charge in [-0.25, -0.2) is 0 Å². The number of nitrogens with one attached hydrogen (secondary N) is 2. The summed E-state index contributed by atoms with van der Waals surface area (Å²) in [6.07, 6.45) is 11.8. The number of aryl methyl sites for hydroxylation is 2. The van der Waals surface area contributed by atoms with Crippen molar-refractivity contribution >= 4 is 11.4 Å². The molecular formula is C22H38N4. The summed E-state index contributed by atoms with van der Waals surface area (Å²) in [5, 5.41) is 0. The number of unbranched alkanes of at least 4 members (excludes halogenated alkanes) is 6. The number of hydrogen-bond donors (Lipinski definition) is 4. The minimum atomic E-state index is 0.767. The molecule has 1 aromatic rings. The zero-order valence-corrected chi connectivity index (χ0v) is 16.8. The van der Waals surface area contributed by atoms with Crippen LogP contribution in [0, 0.1) is 0 Å². The summed E-state index contributed by atoms with van der Waals surface area (Å²) in [5.41, 5.74) is 11.7. The SMILES string of the molecule is C=C(NN)c1cc(CCCCCC)c(C(=C)NN)cc1CCCCCC. The third-order valence-electron chi connectivity index (χ3n) is 4.93. The van der Waals surface area contributed by atoms with Gasteiger partial charge in [0.1, 0.15) is 0 Å². The Morgan fingerprint density at radius 2 is 1.12 bits per heavy atom. The fourth-order valence-electron chi connectivity index (χ4n) is 3.30. The van der Waals surface area contributed by atoms with Gasteiger partial charge in [-0.1, -0.05) is 65.5 Å². The Bertz CT molecular complexity index is 526. The molecule has 146 valence electrons. The van der Waals surface area contributed by atoms with Gasteiger partial charge in [0.15, 0.2) is 0 Å². The van der Waals surface area contributed by atoms with Gasteiger partial charge in [-0.3, -0.25) is 11.7 Å². The predicted molar refractivity (Wildman–Crippen MR) is 115 cm³/mol. The zero-order valence-electron chi connectivity index (χ0n) is 16.8. The molecule has 0 radical (unpaired) electrons. The highest BCUT2D eigenvalue weighted by Crippen LogP contribution is 2.27. The van der Waals surface area contributed by atoms with Gasteiger partial charge in [0.05, 0.1) is 0 Å². The standard InChI is InChI=1S/C22H38N4/c1-5-7-9-11-13-19-15-22(18(4)26-24)20(14-12-10-8-6-2)16-21(19)17(3)25-23/h15-16,25-26H,3-14,23-24H2,1-2H3. The van der Waals surface area contributed by atoms with Crippen LogP contribution >= 0.6 is 0 Å².